The highest BCUT2D eigenvalue weighted by Crippen LogP contribution is 2.13. The van der Waals surface area contributed by atoms with E-state index in [1.807, 2.05) is 12.1 Å². The van der Waals surface area contributed by atoms with Crippen LogP contribution in [-0.2, 0) is 20.7 Å². The second-order valence-electron chi connectivity index (χ2n) is 4.14. The summed E-state index contributed by atoms with van der Waals surface area (Å²) >= 11 is 0. The van der Waals surface area contributed by atoms with E-state index in [-0.39, 0.29) is 13.0 Å². The Kier molecular flexibility index (Phi) is 5.79. The fourth-order valence-corrected chi connectivity index (χ4v) is 1.33. The van der Waals surface area contributed by atoms with Crippen molar-refractivity contribution in [1.82, 2.24) is 0 Å². The Labute approximate surface area is 113 Å². The quantitative estimate of drug-likeness (QED) is 0.449. The van der Waals surface area contributed by atoms with Gasteiger partial charge in [-0.1, -0.05) is 25.6 Å². The third kappa shape index (κ3) is 5.38. The molecule has 0 aliphatic rings. The maximum atomic E-state index is 11.5. The molecule has 0 fully saturated rings. The lowest BCUT2D eigenvalue weighted by Gasteiger charge is -2.06. The highest BCUT2D eigenvalue weighted by molar-refractivity contribution is 5.87. The van der Waals surface area contributed by atoms with Gasteiger partial charge in [-0.05, 0) is 31.0 Å². The summed E-state index contributed by atoms with van der Waals surface area (Å²) in [5.74, 6) is -0.438. The second-order valence-corrected chi connectivity index (χ2v) is 4.14. The summed E-state index contributed by atoms with van der Waals surface area (Å²) in [4.78, 5) is 22.6. The van der Waals surface area contributed by atoms with Crippen LogP contribution >= 0.6 is 0 Å². The van der Waals surface area contributed by atoms with Gasteiger partial charge in [-0.3, -0.25) is 4.79 Å². The average molecular weight is 262 g/mol. The number of carbonyl (C=O) groups excluding carboxylic acids is 2. The first kappa shape index (κ1) is 15.0. The molecule has 0 unspecified atom stereocenters. The molecular weight excluding hydrogens is 244 g/mol. The molecule has 4 nitrogen and oxygen atoms in total. The van der Waals surface area contributed by atoms with Crippen LogP contribution < -0.4 is 4.74 Å². The van der Waals surface area contributed by atoms with Gasteiger partial charge in [0.05, 0.1) is 6.42 Å². The first-order valence-corrected chi connectivity index (χ1v) is 6.15. The molecule has 1 rings (SSSR count). The van der Waals surface area contributed by atoms with Crippen molar-refractivity contribution in [2.24, 2.45) is 0 Å². The Balaban J connectivity index is 2.34. The molecule has 0 saturated heterocycles. The number of benzene rings is 1. The molecule has 0 saturated carbocycles. The minimum Gasteiger partial charge on any atom is -0.462 e. The van der Waals surface area contributed by atoms with E-state index in [1.165, 1.54) is 5.56 Å². The molecule has 1 aromatic rings. The Morgan fingerprint density at radius 3 is 2.37 bits per heavy atom. The van der Waals surface area contributed by atoms with Gasteiger partial charge < -0.3 is 9.47 Å². The fraction of sp³-hybridized carbons (Fsp3) is 0.333. The minimum absolute atomic E-state index is 0.00241. The third-order valence-corrected chi connectivity index (χ3v) is 2.45. The van der Waals surface area contributed by atoms with E-state index in [4.69, 9.17) is 9.47 Å². The van der Waals surface area contributed by atoms with E-state index in [9.17, 15) is 9.59 Å². The van der Waals surface area contributed by atoms with Gasteiger partial charge in [0, 0.05) is 5.57 Å². The van der Waals surface area contributed by atoms with Crippen LogP contribution in [0.1, 0.15) is 25.8 Å². The van der Waals surface area contributed by atoms with Crippen molar-refractivity contribution in [2.45, 2.75) is 26.7 Å². The van der Waals surface area contributed by atoms with E-state index in [1.54, 1.807) is 19.1 Å². The number of aryl methyl sites for hydroxylation is 1. The number of ether oxygens (including phenoxy) is 2. The minimum atomic E-state index is -0.500. The lowest BCUT2D eigenvalue weighted by molar-refractivity contribution is -0.142. The van der Waals surface area contributed by atoms with Crippen LogP contribution in [0.4, 0.5) is 0 Å². The number of hydrogen-bond donors (Lipinski definition) is 0. The standard InChI is InChI=1S/C15H18O4/c1-4-12-5-7-13(8-6-12)19-14(16)9-10-18-15(17)11(2)3/h5-8H,2,4,9-10H2,1,3H3. The summed E-state index contributed by atoms with van der Waals surface area (Å²) in [6.45, 7) is 7.05. The third-order valence-electron chi connectivity index (χ3n) is 2.45. The van der Waals surface area contributed by atoms with Crippen molar-refractivity contribution < 1.29 is 19.1 Å². The Morgan fingerprint density at radius 1 is 1.21 bits per heavy atom. The number of rotatable bonds is 6. The number of carbonyl (C=O) groups is 2. The van der Waals surface area contributed by atoms with Crippen LogP contribution in [0, 0.1) is 0 Å². The molecule has 0 aliphatic heterocycles. The van der Waals surface area contributed by atoms with Gasteiger partial charge >= 0.3 is 11.9 Å². The molecule has 0 radical (unpaired) electrons. The fourth-order valence-electron chi connectivity index (χ4n) is 1.33. The zero-order chi connectivity index (χ0) is 14.3. The second kappa shape index (κ2) is 7.36. The summed E-state index contributed by atoms with van der Waals surface area (Å²) in [6, 6.07) is 7.31. The molecule has 102 valence electrons. The van der Waals surface area contributed by atoms with Gasteiger partial charge in [-0.2, -0.15) is 0 Å². The normalized spacial score (nSPS) is 9.79. The van der Waals surface area contributed by atoms with E-state index >= 15 is 0 Å². The smallest absolute Gasteiger partial charge is 0.333 e. The molecule has 1 aromatic carbocycles. The Bertz CT molecular complexity index is 460. The van der Waals surface area contributed by atoms with Crippen LogP contribution in [0.5, 0.6) is 5.75 Å². The highest BCUT2D eigenvalue weighted by Gasteiger charge is 2.08. The SMILES string of the molecule is C=C(C)C(=O)OCCC(=O)Oc1ccc(CC)cc1. The van der Waals surface area contributed by atoms with Crippen LogP contribution in [0.3, 0.4) is 0 Å². The maximum absolute atomic E-state index is 11.5. The van der Waals surface area contributed by atoms with E-state index in [0.717, 1.165) is 6.42 Å². The van der Waals surface area contributed by atoms with Gasteiger partial charge in [0.15, 0.2) is 0 Å². The molecule has 0 spiro atoms. The zero-order valence-corrected chi connectivity index (χ0v) is 11.3. The molecular formula is C15H18O4. The topological polar surface area (TPSA) is 52.6 Å². The number of esters is 2. The van der Waals surface area contributed by atoms with E-state index in [2.05, 4.69) is 13.5 Å². The molecule has 0 amide bonds. The predicted octanol–water partition coefficient (Wildman–Crippen LogP) is 2.66. The molecule has 0 bridgehead atoms. The molecule has 19 heavy (non-hydrogen) atoms. The van der Waals surface area contributed by atoms with Crippen LogP contribution in [-0.4, -0.2) is 18.5 Å². The molecule has 0 heterocycles. The molecule has 0 aromatic heterocycles. The van der Waals surface area contributed by atoms with Crippen LogP contribution in [0.15, 0.2) is 36.4 Å². The van der Waals surface area contributed by atoms with Gasteiger partial charge in [0.2, 0.25) is 0 Å². The number of hydrogen-bond acceptors (Lipinski definition) is 4. The first-order valence-electron chi connectivity index (χ1n) is 6.15. The van der Waals surface area contributed by atoms with Crippen molar-refractivity contribution in [3.63, 3.8) is 0 Å². The first-order chi connectivity index (χ1) is 9.02. The Hall–Kier alpha value is -2.10. The molecule has 0 aliphatic carbocycles. The van der Waals surface area contributed by atoms with Gasteiger partial charge in [-0.15, -0.1) is 0 Å². The van der Waals surface area contributed by atoms with Crippen LogP contribution in [0.25, 0.3) is 0 Å². The monoisotopic (exact) mass is 262 g/mol. The van der Waals surface area contributed by atoms with E-state index < -0.39 is 11.9 Å². The lowest BCUT2D eigenvalue weighted by atomic mass is 10.2. The van der Waals surface area contributed by atoms with E-state index in [0.29, 0.717) is 11.3 Å². The van der Waals surface area contributed by atoms with Crippen molar-refractivity contribution in [3.8, 4) is 5.75 Å². The molecule has 4 heteroatoms. The summed E-state index contributed by atoms with van der Waals surface area (Å²) in [7, 11) is 0. The van der Waals surface area contributed by atoms with Crippen molar-refractivity contribution in [1.29, 1.82) is 0 Å². The van der Waals surface area contributed by atoms with Gasteiger partial charge in [-0.25, -0.2) is 4.79 Å². The van der Waals surface area contributed by atoms with Crippen LogP contribution in [0.2, 0.25) is 0 Å². The summed E-state index contributed by atoms with van der Waals surface area (Å²) in [5, 5.41) is 0. The average Bonchev–Trinajstić information content (AvgIpc) is 2.39. The van der Waals surface area contributed by atoms with Crippen molar-refractivity contribution in [3.05, 3.63) is 42.0 Å². The predicted molar refractivity (Wildman–Crippen MR) is 71.8 cm³/mol. The van der Waals surface area contributed by atoms with Gasteiger partial charge in [0.1, 0.15) is 12.4 Å². The van der Waals surface area contributed by atoms with Gasteiger partial charge in [0.25, 0.3) is 0 Å². The lowest BCUT2D eigenvalue weighted by Crippen LogP contribution is -2.14. The van der Waals surface area contributed by atoms with Crippen molar-refractivity contribution >= 4 is 11.9 Å². The molecule has 0 atom stereocenters. The zero-order valence-electron chi connectivity index (χ0n) is 11.3. The van der Waals surface area contributed by atoms with Crippen molar-refractivity contribution in [2.75, 3.05) is 6.61 Å². The molecule has 0 N–H and O–H groups in total. The maximum Gasteiger partial charge on any atom is 0.333 e. The summed E-state index contributed by atoms with van der Waals surface area (Å²) < 4.78 is 9.91. The summed E-state index contributed by atoms with van der Waals surface area (Å²) in [6.07, 6.45) is 0.958. The highest BCUT2D eigenvalue weighted by atomic mass is 16.5. The summed E-state index contributed by atoms with van der Waals surface area (Å²) in [5.41, 5.74) is 1.48. The largest absolute Gasteiger partial charge is 0.462 e. The Morgan fingerprint density at radius 2 is 1.84 bits per heavy atom.